The molecule has 1 atom stereocenters. The van der Waals surface area contributed by atoms with E-state index < -0.39 is 18.0 Å². The van der Waals surface area contributed by atoms with Crippen molar-refractivity contribution >= 4 is 28.7 Å². The molecule has 0 bridgehead atoms. The van der Waals surface area contributed by atoms with Crippen LogP contribution in [0.3, 0.4) is 0 Å². The number of nitrogens with one attached hydrogen (secondary N) is 3. The highest BCUT2D eigenvalue weighted by molar-refractivity contribution is 5.93. The SMILES string of the molecule is NC(=O)C(Cc1cc2ccccc2[nH]1)NC(=O)Nc1cccc(-c2ccc(Oc3ccc(F)cc3)cc2)n1. The third-order valence-electron chi connectivity index (χ3n) is 5.85. The maximum Gasteiger partial charge on any atom is 0.321 e. The number of hydrogen-bond donors (Lipinski definition) is 4. The molecule has 0 fully saturated rings. The van der Waals surface area contributed by atoms with E-state index in [1.807, 2.05) is 42.5 Å². The molecule has 1 unspecified atom stereocenters. The number of carbonyl (C=O) groups excluding carboxylic acids is 2. The van der Waals surface area contributed by atoms with Crippen molar-refractivity contribution in [3.05, 3.63) is 109 Å². The summed E-state index contributed by atoms with van der Waals surface area (Å²) in [5.41, 5.74) is 8.69. The van der Waals surface area contributed by atoms with Gasteiger partial charge in [-0.15, -0.1) is 0 Å². The van der Waals surface area contributed by atoms with Gasteiger partial charge in [0.25, 0.3) is 0 Å². The summed E-state index contributed by atoms with van der Waals surface area (Å²) in [6.07, 6.45) is 0.219. The lowest BCUT2D eigenvalue weighted by Crippen LogP contribution is -2.47. The van der Waals surface area contributed by atoms with Gasteiger partial charge in [-0.3, -0.25) is 10.1 Å². The van der Waals surface area contributed by atoms with E-state index in [1.54, 1.807) is 42.5 Å². The number of benzene rings is 3. The second-order valence-electron chi connectivity index (χ2n) is 8.63. The van der Waals surface area contributed by atoms with E-state index in [0.717, 1.165) is 22.2 Å². The lowest BCUT2D eigenvalue weighted by Gasteiger charge is -2.15. The largest absolute Gasteiger partial charge is 0.457 e. The summed E-state index contributed by atoms with van der Waals surface area (Å²) in [6, 6.07) is 26.3. The predicted octanol–water partition coefficient (Wildman–Crippen LogP) is 5.38. The molecule has 3 amide bonds. The molecule has 0 saturated carbocycles. The number of pyridine rings is 1. The third kappa shape index (κ3) is 5.96. The van der Waals surface area contributed by atoms with Crippen LogP contribution in [0.25, 0.3) is 22.2 Å². The zero-order valence-corrected chi connectivity index (χ0v) is 20.1. The van der Waals surface area contributed by atoms with Gasteiger partial charge in [0, 0.05) is 23.2 Å². The van der Waals surface area contributed by atoms with Crippen molar-refractivity contribution in [3.8, 4) is 22.8 Å². The highest BCUT2D eigenvalue weighted by Gasteiger charge is 2.20. The van der Waals surface area contributed by atoms with E-state index >= 15 is 0 Å². The Morgan fingerprint density at radius 2 is 1.63 bits per heavy atom. The van der Waals surface area contributed by atoms with Crippen molar-refractivity contribution in [2.45, 2.75) is 12.5 Å². The smallest absolute Gasteiger partial charge is 0.321 e. The van der Waals surface area contributed by atoms with Crippen LogP contribution in [0, 0.1) is 5.82 Å². The first-order valence-electron chi connectivity index (χ1n) is 11.9. The number of H-pyrrole nitrogens is 1. The molecule has 190 valence electrons. The molecule has 0 aliphatic carbocycles. The topological polar surface area (TPSA) is 122 Å². The minimum atomic E-state index is -0.917. The number of hydrogen-bond acceptors (Lipinski definition) is 4. The summed E-state index contributed by atoms with van der Waals surface area (Å²) < 4.78 is 18.8. The zero-order valence-electron chi connectivity index (χ0n) is 20.1. The first-order chi connectivity index (χ1) is 18.4. The van der Waals surface area contributed by atoms with Crippen LogP contribution >= 0.6 is 0 Å². The van der Waals surface area contributed by atoms with E-state index in [4.69, 9.17) is 10.5 Å². The molecule has 2 heterocycles. The number of urea groups is 1. The monoisotopic (exact) mass is 509 g/mol. The van der Waals surface area contributed by atoms with E-state index in [0.29, 0.717) is 23.0 Å². The fourth-order valence-corrected chi connectivity index (χ4v) is 3.99. The molecule has 2 aromatic heterocycles. The van der Waals surface area contributed by atoms with Gasteiger partial charge in [-0.1, -0.05) is 24.3 Å². The Balaban J connectivity index is 1.22. The molecule has 5 rings (SSSR count). The minimum Gasteiger partial charge on any atom is -0.457 e. The van der Waals surface area contributed by atoms with Crippen LogP contribution in [0.5, 0.6) is 11.5 Å². The molecule has 9 heteroatoms. The Labute approximate surface area is 217 Å². The molecule has 0 aliphatic heterocycles. The Kier molecular flexibility index (Phi) is 6.99. The van der Waals surface area contributed by atoms with Crippen molar-refractivity contribution in [2.24, 2.45) is 5.73 Å². The number of nitrogens with two attached hydrogens (primary N) is 1. The number of ether oxygens (including phenoxy) is 1. The molecule has 0 saturated heterocycles. The first kappa shape index (κ1) is 24.5. The number of rotatable bonds is 8. The van der Waals surface area contributed by atoms with Gasteiger partial charge in [0.1, 0.15) is 29.2 Å². The molecular formula is C29H24FN5O3. The van der Waals surface area contributed by atoms with Crippen molar-refractivity contribution in [1.82, 2.24) is 15.3 Å². The van der Waals surface area contributed by atoms with Crippen molar-refractivity contribution in [2.75, 3.05) is 5.32 Å². The maximum absolute atomic E-state index is 13.1. The van der Waals surface area contributed by atoms with Gasteiger partial charge < -0.3 is 20.8 Å². The number of amides is 3. The van der Waals surface area contributed by atoms with Crippen LogP contribution in [-0.2, 0) is 11.2 Å². The number of aromatic amines is 1. The molecule has 5 N–H and O–H groups in total. The van der Waals surface area contributed by atoms with E-state index in [9.17, 15) is 14.0 Å². The Morgan fingerprint density at radius 3 is 2.34 bits per heavy atom. The van der Waals surface area contributed by atoms with Gasteiger partial charge >= 0.3 is 6.03 Å². The van der Waals surface area contributed by atoms with Gasteiger partial charge in [0.15, 0.2) is 0 Å². The van der Waals surface area contributed by atoms with Crippen molar-refractivity contribution < 1.29 is 18.7 Å². The summed E-state index contributed by atoms with van der Waals surface area (Å²) in [6.45, 7) is 0. The summed E-state index contributed by atoms with van der Waals surface area (Å²) >= 11 is 0. The lowest BCUT2D eigenvalue weighted by molar-refractivity contribution is -0.119. The van der Waals surface area contributed by atoms with E-state index in [-0.39, 0.29) is 12.2 Å². The lowest BCUT2D eigenvalue weighted by atomic mass is 10.1. The van der Waals surface area contributed by atoms with Gasteiger partial charge in [-0.2, -0.15) is 0 Å². The summed E-state index contributed by atoms with van der Waals surface area (Å²) in [7, 11) is 0. The normalized spacial score (nSPS) is 11.6. The Morgan fingerprint density at radius 1 is 0.921 bits per heavy atom. The van der Waals surface area contributed by atoms with Crippen LogP contribution in [0.1, 0.15) is 5.69 Å². The second-order valence-corrected chi connectivity index (χ2v) is 8.63. The number of anilines is 1. The number of para-hydroxylation sites is 1. The van der Waals surface area contributed by atoms with Crippen LogP contribution in [-0.4, -0.2) is 27.9 Å². The second kappa shape index (κ2) is 10.8. The molecule has 0 aliphatic rings. The number of primary amides is 1. The van der Waals surface area contributed by atoms with Crippen molar-refractivity contribution in [1.29, 1.82) is 0 Å². The highest BCUT2D eigenvalue weighted by Crippen LogP contribution is 2.26. The summed E-state index contributed by atoms with van der Waals surface area (Å²) in [4.78, 5) is 32.4. The average Bonchev–Trinajstić information content (AvgIpc) is 3.33. The molecule has 0 spiro atoms. The molecule has 8 nitrogen and oxygen atoms in total. The van der Waals surface area contributed by atoms with Crippen LogP contribution in [0.2, 0.25) is 0 Å². The van der Waals surface area contributed by atoms with E-state index in [1.165, 1.54) is 12.1 Å². The standard InChI is InChI=1S/C29H24FN5O3/c30-20-10-14-23(15-11-20)38-22-12-8-18(9-13-22)24-6-3-7-27(33-24)35-29(37)34-26(28(31)36)17-21-16-19-4-1-2-5-25(19)32-21/h1-16,26,32H,17H2,(H2,31,36)(H2,33,34,35,37). The predicted molar refractivity (Wildman–Crippen MR) is 143 cm³/mol. The highest BCUT2D eigenvalue weighted by atomic mass is 19.1. The van der Waals surface area contributed by atoms with Crippen LogP contribution < -0.4 is 21.1 Å². The molecule has 5 aromatic rings. The fourth-order valence-electron chi connectivity index (χ4n) is 3.99. The number of nitrogens with zero attached hydrogens (tertiary/aromatic N) is 1. The summed E-state index contributed by atoms with van der Waals surface area (Å²) in [5.74, 6) is 0.430. The number of halogens is 1. The molecule has 38 heavy (non-hydrogen) atoms. The Hall–Kier alpha value is -5.18. The third-order valence-corrected chi connectivity index (χ3v) is 5.85. The molecular weight excluding hydrogens is 485 g/mol. The van der Waals surface area contributed by atoms with Gasteiger partial charge in [-0.25, -0.2) is 14.2 Å². The van der Waals surface area contributed by atoms with Crippen molar-refractivity contribution in [3.63, 3.8) is 0 Å². The first-order valence-corrected chi connectivity index (χ1v) is 11.9. The van der Waals surface area contributed by atoms with E-state index in [2.05, 4.69) is 20.6 Å². The number of fused-ring (bicyclic) bond motifs is 1. The minimum absolute atomic E-state index is 0.219. The molecule has 3 aromatic carbocycles. The van der Waals surface area contributed by atoms with Crippen LogP contribution in [0.15, 0.2) is 97.1 Å². The van der Waals surface area contributed by atoms with Gasteiger partial charge in [0.05, 0.1) is 5.69 Å². The number of aromatic nitrogens is 2. The van der Waals surface area contributed by atoms with Gasteiger partial charge in [-0.05, 0) is 78.2 Å². The average molecular weight is 510 g/mol. The fraction of sp³-hybridized carbons (Fsp3) is 0.0690. The number of carbonyl (C=O) groups is 2. The van der Waals surface area contributed by atoms with Crippen LogP contribution in [0.4, 0.5) is 15.0 Å². The quantitative estimate of drug-likeness (QED) is 0.224. The Bertz CT molecular complexity index is 1550. The molecule has 0 radical (unpaired) electrons. The summed E-state index contributed by atoms with van der Waals surface area (Å²) in [5, 5.41) is 6.30. The zero-order chi connectivity index (χ0) is 26.5. The van der Waals surface area contributed by atoms with Gasteiger partial charge in [0.2, 0.25) is 5.91 Å². The maximum atomic E-state index is 13.1.